The molecule has 21 heavy (non-hydrogen) atoms. The summed E-state index contributed by atoms with van der Waals surface area (Å²) in [5.41, 5.74) is 2.17. The Balaban J connectivity index is 2.35. The Morgan fingerprint density at radius 2 is 1.95 bits per heavy atom. The molecular formula is C15H18Br2N2OS. The van der Waals surface area contributed by atoms with Gasteiger partial charge < -0.3 is 5.32 Å². The van der Waals surface area contributed by atoms with E-state index in [0.717, 1.165) is 14.7 Å². The number of aromatic nitrogens is 1. The SMILES string of the molecule is CC(C)c1cc(Br)cc2sc(NC(=O)C(Br)C(C)C)nc12. The van der Waals surface area contributed by atoms with Gasteiger partial charge >= 0.3 is 0 Å². The summed E-state index contributed by atoms with van der Waals surface area (Å²) in [6, 6.07) is 4.14. The number of nitrogens with one attached hydrogen (secondary N) is 1. The second-order valence-corrected chi connectivity index (χ2v) is 8.58. The van der Waals surface area contributed by atoms with Gasteiger partial charge in [0, 0.05) is 4.47 Å². The van der Waals surface area contributed by atoms with Crippen LogP contribution in [-0.2, 0) is 4.79 Å². The average Bonchev–Trinajstić information content (AvgIpc) is 2.78. The van der Waals surface area contributed by atoms with E-state index in [2.05, 4.69) is 62.1 Å². The van der Waals surface area contributed by atoms with Crippen LogP contribution in [0.4, 0.5) is 5.13 Å². The lowest BCUT2D eigenvalue weighted by molar-refractivity contribution is -0.116. The van der Waals surface area contributed by atoms with Crippen LogP contribution in [0.25, 0.3) is 10.2 Å². The topological polar surface area (TPSA) is 42.0 Å². The van der Waals surface area contributed by atoms with E-state index < -0.39 is 0 Å². The maximum absolute atomic E-state index is 12.1. The highest BCUT2D eigenvalue weighted by Crippen LogP contribution is 2.34. The van der Waals surface area contributed by atoms with Crippen molar-refractivity contribution >= 4 is 64.5 Å². The highest BCUT2D eigenvalue weighted by atomic mass is 79.9. The Bertz CT molecular complexity index is 667. The van der Waals surface area contributed by atoms with Gasteiger partial charge in [0.25, 0.3) is 0 Å². The minimum Gasteiger partial charge on any atom is -0.301 e. The van der Waals surface area contributed by atoms with Crippen LogP contribution in [0, 0.1) is 5.92 Å². The number of halogens is 2. The van der Waals surface area contributed by atoms with Crippen molar-refractivity contribution in [1.29, 1.82) is 0 Å². The Morgan fingerprint density at radius 1 is 1.29 bits per heavy atom. The molecule has 0 bridgehead atoms. The lowest BCUT2D eigenvalue weighted by Gasteiger charge is -2.11. The van der Waals surface area contributed by atoms with Crippen LogP contribution in [0.2, 0.25) is 0 Å². The predicted molar refractivity (Wildman–Crippen MR) is 97.6 cm³/mol. The van der Waals surface area contributed by atoms with Crippen molar-refractivity contribution in [3.8, 4) is 0 Å². The molecule has 2 aromatic rings. The molecule has 1 N–H and O–H groups in total. The zero-order chi connectivity index (χ0) is 15.7. The van der Waals surface area contributed by atoms with Gasteiger partial charge in [-0.1, -0.05) is 70.9 Å². The van der Waals surface area contributed by atoms with Crippen LogP contribution in [0.15, 0.2) is 16.6 Å². The van der Waals surface area contributed by atoms with E-state index in [1.54, 1.807) is 0 Å². The molecule has 2 rings (SSSR count). The average molecular weight is 434 g/mol. The maximum Gasteiger partial charge on any atom is 0.240 e. The zero-order valence-corrected chi connectivity index (χ0v) is 16.4. The predicted octanol–water partition coefficient (Wildman–Crippen LogP) is 5.54. The van der Waals surface area contributed by atoms with Gasteiger partial charge in [0.15, 0.2) is 5.13 Å². The molecular weight excluding hydrogens is 416 g/mol. The zero-order valence-electron chi connectivity index (χ0n) is 12.4. The summed E-state index contributed by atoms with van der Waals surface area (Å²) in [5, 5.41) is 3.56. The Hall–Kier alpha value is -0.460. The lowest BCUT2D eigenvalue weighted by Crippen LogP contribution is -2.26. The summed E-state index contributed by atoms with van der Waals surface area (Å²) in [4.78, 5) is 16.5. The Morgan fingerprint density at radius 3 is 2.52 bits per heavy atom. The summed E-state index contributed by atoms with van der Waals surface area (Å²) in [5.74, 6) is 0.573. The van der Waals surface area contributed by atoms with Crippen molar-refractivity contribution in [1.82, 2.24) is 4.98 Å². The monoisotopic (exact) mass is 432 g/mol. The highest BCUT2D eigenvalue weighted by Gasteiger charge is 2.20. The molecule has 0 saturated carbocycles. The molecule has 1 unspecified atom stereocenters. The smallest absolute Gasteiger partial charge is 0.240 e. The number of hydrogen-bond acceptors (Lipinski definition) is 3. The van der Waals surface area contributed by atoms with Crippen molar-refractivity contribution in [3.63, 3.8) is 0 Å². The molecule has 0 aliphatic rings. The van der Waals surface area contributed by atoms with E-state index in [4.69, 9.17) is 0 Å². The largest absolute Gasteiger partial charge is 0.301 e. The van der Waals surface area contributed by atoms with Crippen molar-refractivity contribution in [2.45, 2.75) is 38.4 Å². The molecule has 0 fully saturated rings. The fourth-order valence-corrected chi connectivity index (χ4v) is 3.68. The number of benzene rings is 1. The number of amides is 1. The first-order chi connectivity index (χ1) is 9.79. The first-order valence-electron chi connectivity index (χ1n) is 6.84. The van der Waals surface area contributed by atoms with E-state index in [9.17, 15) is 4.79 Å². The molecule has 0 aliphatic heterocycles. The number of thiazole rings is 1. The second-order valence-electron chi connectivity index (χ2n) is 5.65. The summed E-state index contributed by atoms with van der Waals surface area (Å²) < 4.78 is 2.12. The summed E-state index contributed by atoms with van der Waals surface area (Å²) in [7, 11) is 0. The molecule has 6 heteroatoms. The van der Waals surface area contributed by atoms with Gasteiger partial charge in [0.1, 0.15) is 0 Å². The standard InChI is InChI=1S/C15H18Br2N2OS/c1-7(2)10-5-9(16)6-11-13(10)18-15(21-11)19-14(20)12(17)8(3)4/h5-8,12H,1-4H3,(H,18,19,20). The number of nitrogens with zero attached hydrogens (tertiary/aromatic N) is 1. The fraction of sp³-hybridized carbons (Fsp3) is 0.467. The van der Waals surface area contributed by atoms with E-state index in [1.165, 1.54) is 16.9 Å². The van der Waals surface area contributed by atoms with Gasteiger partial charge in [0.2, 0.25) is 5.91 Å². The van der Waals surface area contributed by atoms with Crippen LogP contribution < -0.4 is 5.32 Å². The normalized spacial score (nSPS) is 13.1. The Labute approximate surface area is 145 Å². The summed E-state index contributed by atoms with van der Waals surface area (Å²) >= 11 is 8.46. The first-order valence-corrected chi connectivity index (χ1v) is 9.37. The van der Waals surface area contributed by atoms with Gasteiger partial charge in [-0.2, -0.15) is 0 Å². The highest BCUT2D eigenvalue weighted by molar-refractivity contribution is 9.10. The molecule has 3 nitrogen and oxygen atoms in total. The van der Waals surface area contributed by atoms with Crippen LogP contribution in [0.5, 0.6) is 0 Å². The molecule has 0 radical (unpaired) electrons. The minimum atomic E-state index is -0.208. The van der Waals surface area contributed by atoms with Gasteiger partial charge in [-0.15, -0.1) is 0 Å². The molecule has 1 atom stereocenters. The van der Waals surface area contributed by atoms with Crippen molar-refractivity contribution in [2.75, 3.05) is 5.32 Å². The Kier molecular flexibility index (Phi) is 5.43. The van der Waals surface area contributed by atoms with Gasteiger partial charge in [-0.05, 0) is 29.5 Å². The summed E-state index contributed by atoms with van der Waals surface area (Å²) in [6.45, 7) is 8.30. The van der Waals surface area contributed by atoms with Gasteiger partial charge in [0.05, 0.1) is 15.0 Å². The number of alkyl halides is 1. The number of carbonyl (C=O) groups is 1. The first kappa shape index (κ1) is 16.9. The third-order valence-corrected chi connectivity index (χ3v) is 6.03. The van der Waals surface area contributed by atoms with Gasteiger partial charge in [-0.25, -0.2) is 4.98 Å². The van der Waals surface area contributed by atoms with Crippen LogP contribution in [0.1, 0.15) is 39.2 Å². The van der Waals surface area contributed by atoms with Crippen LogP contribution >= 0.6 is 43.2 Å². The molecule has 1 aromatic heterocycles. The summed E-state index contributed by atoms with van der Waals surface area (Å²) in [6.07, 6.45) is 0. The van der Waals surface area contributed by atoms with Crippen LogP contribution in [0.3, 0.4) is 0 Å². The van der Waals surface area contributed by atoms with Crippen LogP contribution in [-0.4, -0.2) is 15.7 Å². The molecule has 0 aliphatic carbocycles. The molecule has 1 amide bonds. The van der Waals surface area contributed by atoms with E-state index in [0.29, 0.717) is 11.0 Å². The molecule has 1 aromatic carbocycles. The third kappa shape index (κ3) is 3.85. The number of rotatable bonds is 4. The van der Waals surface area contributed by atoms with Crippen molar-refractivity contribution in [2.24, 2.45) is 5.92 Å². The van der Waals surface area contributed by atoms with E-state index in [1.807, 2.05) is 19.9 Å². The quantitative estimate of drug-likeness (QED) is 0.643. The number of carbonyl (C=O) groups excluding carboxylic acids is 1. The number of fused-ring (bicyclic) bond motifs is 1. The molecule has 1 heterocycles. The lowest BCUT2D eigenvalue weighted by atomic mass is 10.0. The van der Waals surface area contributed by atoms with Crippen molar-refractivity contribution in [3.05, 3.63) is 22.2 Å². The number of anilines is 1. The molecule has 0 saturated heterocycles. The van der Waals surface area contributed by atoms with Gasteiger partial charge in [-0.3, -0.25) is 4.79 Å². The second kappa shape index (κ2) is 6.75. The third-order valence-electron chi connectivity index (χ3n) is 3.18. The number of hydrogen-bond donors (Lipinski definition) is 1. The fourth-order valence-electron chi connectivity index (χ4n) is 1.99. The van der Waals surface area contributed by atoms with E-state index >= 15 is 0 Å². The molecule has 114 valence electrons. The molecule has 0 spiro atoms. The van der Waals surface area contributed by atoms with Crippen molar-refractivity contribution < 1.29 is 4.79 Å². The minimum absolute atomic E-state index is 0.0470. The van der Waals surface area contributed by atoms with E-state index in [-0.39, 0.29) is 16.7 Å². The maximum atomic E-state index is 12.1.